The van der Waals surface area contributed by atoms with Crippen molar-refractivity contribution in [2.45, 2.75) is 17.1 Å². The molecule has 1 atom stereocenters. The second-order valence-electron chi connectivity index (χ2n) is 10.0. The number of anilines is 2. The largest absolute Gasteiger partial charge is 0.325 e. The predicted molar refractivity (Wildman–Crippen MR) is 181 cm³/mol. The molecule has 0 saturated carbocycles. The third kappa shape index (κ3) is 8.69. The van der Waals surface area contributed by atoms with Crippen molar-refractivity contribution < 1.29 is 14.4 Å². The van der Waals surface area contributed by atoms with E-state index >= 15 is 0 Å². The summed E-state index contributed by atoms with van der Waals surface area (Å²) in [5, 5.41) is 8.58. The van der Waals surface area contributed by atoms with Gasteiger partial charge in [-0.05, 0) is 84.3 Å². The minimum atomic E-state index is -0.547. The number of aromatic nitrogens is 1. The molecule has 4 aromatic carbocycles. The fraction of sp³-hybridized carbons (Fsp3) is 0.0556. The van der Waals surface area contributed by atoms with Gasteiger partial charge in [0.15, 0.2) is 0 Å². The van der Waals surface area contributed by atoms with Crippen LogP contribution in [-0.2, 0) is 9.59 Å². The lowest BCUT2D eigenvalue weighted by Crippen LogP contribution is -2.30. The van der Waals surface area contributed by atoms with Crippen LogP contribution < -0.4 is 16.0 Å². The maximum Gasteiger partial charge on any atom is 0.272 e. The molecule has 0 aliphatic carbocycles. The molecule has 224 valence electrons. The fourth-order valence-corrected chi connectivity index (χ4v) is 5.51. The van der Waals surface area contributed by atoms with Crippen LogP contribution in [0.1, 0.15) is 32.3 Å². The molecule has 0 radical (unpaired) electrons. The first-order chi connectivity index (χ1) is 21.9. The molecule has 5 aromatic rings. The summed E-state index contributed by atoms with van der Waals surface area (Å²) in [5.41, 5.74) is 4.04. The van der Waals surface area contributed by atoms with Gasteiger partial charge in [0.2, 0.25) is 5.91 Å². The maximum atomic E-state index is 13.5. The van der Waals surface area contributed by atoms with Gasteiger partial charge in [-0.15, -0.1) is 11.8 Å². The minimum Gasteiger partial charge on any atom is -0.325 e. The summed E-state index contributed by atoms with van der Waals surface area (Å²) in [6.07, 6.45) is 4.79. The summed E-state index contributed by atoms with van der Waals surface area (Å²) in [5.74, 6) is -1.10. The number of rotatable bonds is 10. The van der Waals surface area contributed by atoms with Gasteiger partial charge in [0.1, 0.15) is 10.9 Å². The van der Waals surface area contributed by atoms with E-state index in [1.807, 2.05) is 67.6 Å². The topological polar surface area (TPSA) is 100 Å². The van der Waals surface area contributed by atoms with Gasteiger partial charge >= 0.3 is 0 Å². The zero-order chi connectivity index (χ0) is 31.6. The number of hydrogen-bond donors (Lipinski definition) is 3. The number of benzene rings is 4. The van der Waals surface area contributed by atoms with E-state index < -0.39 is 17.1 Å². The predicted octanol–water partition coefficient (Wildman–Crippen LogP) is 7.93. The molecule has 7 nitrogen and oxygen atoms in total. The molecule has 3 N–H and O–H groups in total. The normalized spacial score (nSPS) is 11.7. The first-order valence-electron chi connectivity index (χ1n) is 14.0. The quantitative estimate of drug-likeness (QED) is 0.107. The lowest BCUT2D eigenvalue weighted by Gasteiger charge is -2.18. The van der Waals surface area contributed by atoms with Crippen molar-refractivity contribution in [2.75, 3.05) is 10.6 Å². The van der Waals surface area contributed by atoms with Crippen molar-refractivity contribution in [2.24, 2.45) is 0 Å². The molecule has 5 rings (SSSR count). The smallest absolute Gasteiger partial charge is 0.272 e. The lowest BCUT2D eigenvalue weighted by molar-refractivity contribution is -0.116. The third-order valence-corrected chi connectivity index (χ3v) is 8.34. The number of aryl methyl sites for hydroxylation is 1. The summed E-state index contributed by atoms with van der Waals surface area (Å²) in [6.45, 7) is 1.90. The molecule has 45 heavy (non-hydrogen) atoms. The zero-order valence-corrected chi connectivity index (χ0v) is 25.8. The maximum absolute atomic E-state index is 13.5. The Morgan fingerprint density at radius 3 is 2.16 bits per heavy atom. The average Bonchev–Trinajstić information content (AvgIpc) is 3.07. The fourth-order valence-electron chi connectivity index (χ4n) is 4.30. The van der Waals surface area contributed by atoms with Gasteiger partial charge in [-0.1, -0.05) is 72.3 Å². The van der Waals surface area contributed by atoms with Gasteiger partial charge in [0.25, 0.3) is 11.8 Å². The minimum absolute atomic E-state index is 0.0623. The Morgan fingerprint density at radius 1 is 0.800 bits per heavy atom. The lowest BCUT2D eigenvalue weighted by atomic mass is 10.1. The van der Waals surface area contributed by atoms with Crippen LogP contribution in [-0.4, -0.2) is 22.7 Å². The Bertz CT molecular complexity index is 1820. The zero-order valence-electron chi connectivity index (χ0n) is 24.2. The van der Waals surface area contributed by atoms with Gasteiger partial charge in [-0.25, -0.2) is 0 Å². The van der Waals surface area contributed by atoms with E-state index in [9.17, 15) is 14.4 Å². The van der Waals surface area contributed by atoms with E-state index in [0.717, 1.165) is 16.0 Å². The Kier molecular flexibility index (Phi) is 10.4. The van der Waals surface area contributed by atoms with Crippen LogP contribution in [0.3, 0.4) is 0 Å². The monoisotopic (exact) mass is 632 g/mol. The number of amides is 3. The molecule has 0 fully saturated rings. The molecule has 9 heteroatoms. The van der Waals surface area contributed by atoms with Gasteiger partial charge in [-0.3, -0.25) is 19.4 Å². The van der Waals surface area contributed by atoms with E-state index in [2.05, 4.69) is 20.9 Å². The number of hydrogen-bond acceptors (Lipinski definition) is 5. The molecule has 0 aliphatic rings. The van der Waals surface area contributed by atoms with Crippen LogP contribution in [0.4, 0.5) is 11.4 Å². The number of pyridine rings is 1. The molecule has 1 heterocycles. The Hall–Kier alpha value is -5.18. The van der Waals surface area contributed by atoms with Gasteiger partial charge in [-0.2, -0.15) is 0 Å². The molecule has 1 aromatic heterocycles. The summed E-state index contributed by atoms with van der Waals surface area (Å²) in [4.78, 5) is 44.6. The highest BCUT2D eigenvalue weighted by atomic mass is 35.5. The highest BCUT2D eigenvalue weighted by molar-refractivity contribution is 8.00. The first kappa shape index (κ1) is 31.3. The van der Waals surface area contributed by atoms with Crippen LogP contribution in [0, 0.1) is 6.92 Å². The van der Waals surface area contributed by atoms with Crippen molar-refractivity contribution in [1.29, 1.82) is 0 Å². The Morgan fingerprint density at radius 2 is 1.49 bits per heavy atom. The number of nitrogens with zero attached hydrogens (tertiary/aromatic N) is 1. The Balaban J connectivity index is 1.31. The highest BCUT2D eigenvalue weighted by Gasteiger charge is 2.23. The number of carbonyl (C=O) groups excluding carboxylic acids is 3. The van der Waals surface area contributed by atoms with Crippen LogP contribution in [0.25, 0.3) is 6.08 Å². The number of thioether (sulfide) groups is 1. The van der Waals surface area contributed by atoms with E-state index in [0.29, 0.717) is 27.5 Å². The van der Waals surface area contributed by atoms with E-state index in [1.165, 1.54) is 11.8 Å². The second kappa shape index (κ2) is 15.0. The van der Waals surface area contributed by atoms with Gasteiger partial charge in [0, 0.05) is 39.3 Å². The molecular formula is C36H29ClN4O3S. The second-order valence-corrected chi connectivity index (χ2v) is 11.6. The van der Waals surface area contributed by atoms with E-state index in [-0.39, 0.29) is 11.6 Å². The van der Waals surface area contributed by atoms with Crippen molar-refractivity contribution in [1.82, 2.24) is 10.3 Å². The molecular weight excluding hydrogens is 604 g/mol. The number of carbonyl (C=O) groups is 3. The van der Waals surface area contributed by atoms with Crippen LogP contribution in [0.2, 0.25) is 5.02 Å². The average molecular weight is 633 g/mol. The van der Waals surface area contributed by atoms with Crippen molar-refractivity contribution >= 4 is 58.5 Å². The summed E-state index contributed by atoms with van der Waals surface area (Å²) < 4.78 is 0. The first-order valence-corrected chi connectivity index (χ1v) is 15.3. The SMILES string of the molecule is Cc1ccc(NC(=O)C(Sc2ccc(NC(=O)/C(=C/c3cccnc3)NC(=O)c3ccccc3)cc2)c2ccccc2)cc1Cl. The standard InChI is InChI=1S/C36H29ClN4O3S/c1-24-14-15-29(22-31(24)37)40-36(44)33(26-10-4-2-5-11-26)45-30-18-16-28(17-19-30)39-35(43)32(21-25-9-8-20-38-23-25)41-34(42)27-12-6-3-7-13-27/h2-23,33H,1H3,(H,39,43)(H,40,44)(H,41,42)/b32-21-. The third-order valence-electron chi connectivity index (χ3n) is 6.67. The van der Waals surface area contributed by atoms with Crippen molar-refractivity contribution in [3.8, 4) is 0 Å². The molecule has 0 saturated heterocycles. The van der Waals surface area contributed by atoms with Crippen LogP contribution in [0.5, 0.6) is 0 Å². The number of halogens is 1. The Labute approximate surface area is 270 Å². The van der Waals surface area contributed by atoms with Crippen molar-refractivity contribution in [3.05, 3.63) is 161 Å². The molecule has 0 bridgehead atoms. The van der Waals surface area contributed by atoms with Crippen molar-refractivity contribution in [3.63, 3.8) is 0 Å². The van der Waals surface area contributed by atoms with Crippen LogP contribution >= 0.6 is 23.4 Å². The molecule has 1 unspecified atom stereocenters. The highest BCUT2D eigenvalue weighted by Crippen LogP contribution is 2.37. The molecule has 0 aliphatic heterocycles. The van der Waals surface area contributed by atoms with Crippen LogP contribution in [0.15, 0.2) is 138 Å². The summed E-state index contributed by atoms with van der Waals surface area (Å²) >= 11 is 7.66. The number of nitrogens with one attached hydrogen (secondary N) is 3. The summed E-state index contributed by atoms with van der Waals surface area (Å²) in [6, 6.07) is 34.3. The molecule has 3 amide bonds. The van der Waals surface area contributed by atoms with E-state index in [4.69, 9.17) is 11.6 Å². The van der Waals surface area contributed by atoms with Gasteiger partial charge < -0.3 is 16.0 Å². The van der Waals surface area contributed by atoms with E-state index in [1.54, 1.807) is 73.1 Å². The summed E-state index contributed by atoms with van der Waals surface area (Å²) in [7, 11) is 0. The molecule has 0 spiro atoms. The van der Waals surface area contributed by atoms with Gasteiger partial charge in [0.05, 0.1) is 0 Å².